The fraction of sp³-hybridized carbons (Fsp3) is 0.500. The first-order valence-corrected chi connectivity index (χ1v) is 14.0. The lowest BCUT2D eigenvalue weighted by atomic mass is 9.98. The topological polar surface area (TPSA) is 148 Å². The molecule has 13 heteroatoms. The monoisotopic (exact) mass is 556 g/mol. The summed E-state index contributed by atoms with van der Waals surface area (Å²) in [5.74, 6) is -0.371. The lowest BCUT2D eigenvalue weighted by molar-refractivity contribution is -0.126. The number of hydrogen-bond acceptors (Lipinski definition) is 11. The fourth-order valence-electron chi connectivity index (χ4n) is 4.79. The summed E-state index contributed by atoms with van der Waals surface area (Å²) in [6.07, 6.45) is 6.25. The molecule has 12 nitrogen and oxygen atoms in total. The highest BCUT2D eigenvalue weighted by atomic mass is 32.1. The van der Waals surface area contributed by atoms with Crippen LogP contribution in [0, 0.1) is 5.92 Å². The van der Waals surface area contributed by atoms with E-state index in [0.717, 1.165) is 25.9 Å². The van der Waals surface area contributed by atoms with Crippen molar-refractivity contribution in [3.8, 4) is 5.13 Å². The maximum atomic E-state index is 13.5. The number of hydrogen-bond donors (Lipinski definition) is 3. The van der Waals surface area contributed by atoms with Crippen molar-refractivity contribution in [1.29, 1.82) is 0 Å². The Morgan fingerprint density at radius 1 is 1.31 bits per heavy atom. The SMILES string of the molecule is CCOC(=O)c1cn(-c2nccs2)c2nc(N3CC(C(=O)NCC4CCCCO4)C3)cc(NCCO)c2c1=O. The van der Waals surface area contributed by atoms with Crippen molar-refractivity contribution >= 4 is 45.8 Å². The summed E-state index contributed by atoms with van der Waals surface area (Å²) in [6.45, 7) is 4.02. The average Bonchev–Trinajstić information content (AvgIpc) is 3.45. The summed E-state index contributed by atoms with van der Waals surface area (Å²) in [7, 11) is 0. The first-order chi connectivity index (χ1) is 19.0. The number of aliphatic hydroxyl groups excluding tert-OH is 1. The maximum Gasteiger partial charge on any atom is 0.343 e. The van der Waals surface area contributed by atoms with Crippen LogP contribution in [0.5, 0.6) is 0 Å². The highest BCUT2D eigenvalue weighted by molar-refractivity contribution is 7.12. The van der Waals surface area contributed by atoms with Gasteiger partial charge in [0.25, 0.3) is 0 Å². The van der Waals surface area contributed by atoms with Gasteiger partial charge in [-0.25, -0.2) is 14.8 Å². The van der Waals surface area contributed by atoms with Crippen molar-refractivity contribution in [2.24, 2.45) is 5.92 Å². The van der Waals surface area contributed by atoms with Crippen LogP contribution >= 0.6 is 11.3 Å². The smallest absolute Gasteiger partial charge is 0.343 e. The summed E-state index contributed by atoms with van der Waals surface area (Å²) in [6, 6.07) is 1.71. The van der Waals surface area contributed by atoms with Crippen molar-refractivity contribution in [2.45, 2.75) is 32.3 Å². The third kappa shape index (κ3) is 5.75. The molecule has 0 spiro atoms. The Morgan fingerprint density at radius 3 is 2.85 bits per heavy atom. The molecule has 3 N–H and O–H groups in total. The standard InChI is InChI=1S/C26H32N6O6S/c1-2-37-25(36)18-15-32(26-28-7-10-39-26)23-21(22(18)34)19(27-6-8-33)11-20(30-23)31-13-16(14-31)24(35)29-12-17-5-3-4-9-38-17/h7,10-11,15-17,33H,2-6,8-9,12-14H2,1H3,(H,27,30)(H,29,35). The van der Waals surface area contributed by atoms with E-state index in [9.17, 15) is 19.5 Å². The average molecular weight is 557 g/mol. The van der Waals surface area contributed by atoms with Crippen LogP contribution in [-0.4, -0.2) is 83.6 Å². The largest absolute Gasteiger partial charge is 0.462 e. The van der Waals surface area contributed by atoms with E-state index < -0.39 is 11.4 Å². The van der Waals surface area contributed by atoms with Crippen molar-refractivity contribution in [3.63, 3.8) is 0 Å². The predicted molar refractivity (Wildman–Crippen MR) is 147 cm³/mol. The summed E-state index contributed by atoms with van der Waals surface area (Å²) < 4.78 is 12.4. The molecular formula is C26H32N6O6S. The van der Waals surface area contributed by atoms with E-state index in [1.54, 1.807) is 29.1 Å². The number of nitrogens with one attached hydrogen (secondary N) is 2. The molecular weight excluding hydrogens is 524 g/mol. The number of carbonyl (C=O) groups is 2. The van der Waals surface area contributed by atoms with Gasteiger partial charge < -0.3 is 30.1 Å². The molecule has 1 atom stereocenters. The molecule has 5 heterocycles. The maximum absolute atomic E-state index is 13.5. The van der Waals surface area contributed by atoms with Gasteiger partial charge in [0, 0.05) is 56.6 Å². The number of pyridine rings is 2. The van der Waals surface area contributed by atoms with Crippen molar-refractivity contribution in [2.75, 3.05) is 56.2 Å². The van der Waals surface area contributed by atoms with E-state index in [2.05, 4.69) is 15.6 Å². The van der Waals surface area contributed by atoms with E-state index in [-0.39, 0.29) is 48.6 Å². The summed E-state index contributed by atoms with van der Waals surface area (Å²) in [5, 5.41) is 18.1. The molecule has 2 aliphatic rings. The van der Waals surface area contributed by atoms with E-state index in [4.69, 9.17) is 14.5 Å². The number of anilines is 2. The lowest BCUT2D eigenvalue weighted by Gasteiger charge is -2.39. The van der Waals surface area contributed by atoms with Crippen LogP contribution in [-0.2, 0) is 14.3 Å². The van der Waals surface area contributed by atoms with Gasteiger partial charge in [-0.3, -0.25) is 14.2 Å². The van der Waals surface area contributed by atoms with Gasteiger partial charge >= 0.3 is 5.97 Å². The highest BCUT2D eigenvalue weighted by Gasteiger charge is 2.35. The molecule has 2 fully saturated rings. The second-order valence-electron chi connectivity index (χ2n) is 9.49. The number of thiazole rings is 1. The minimum atomic E-state index is -0.734. The van der Waals surface area contributed by atoms with Gasteiger partial charge in [0.1, 0.15) is 11.4 Å². The minimum Gasteiger partial charge on any atom is -0.462 e. The van der Waals surface area contributed by atoms with Gasteiger partial charge in [-0.2, -0.15) is 0 Å². The van der Waals surface area contributed by atoms with Gasteiger partial charge in [0.05, 0.1) is 36.3 Å². The molecule has 1 unspecified atom stereocenters. The summed E-state index contributed by atoms with van der Waals surface area (Å²) in [4.78, 5) is 50.0. The number of aromatic nitrogens is 3. The van der Waals surface area contributed by atoms with Gasteiger partial charge in [0.2, 0.25) is 11.3 Å². The Bertz CT molecular complexity index is 1380. The second kappa shape index (κ2) is 12.1. The molecule has 5 rings (SSSR count). The summed E-state index contributed by atoms with van der Waals surface area (Å²) in [5.41, 5.74) is 0.0708. The summed E-state index contributed by atoms with van der Waals surface area (Å²) >= 11 is 1.33. The first-order valence-electron chi connectivity index (χ1n) is 13.2. The molecule has 0 bridgehead atoms. The molecule has 0 aliphatic carbocycles. The van der Waals surface area contributed by atoms with Crippen LogP contribution in [0.25, 0.3) is 16.2 Å². The molecule has 1 amide bonds. The van der Waals surface area contributed by atoms with Crippen LogP contribution in [0.2, 0.25) is 0 Å². The predicted octanol–water partition coefficient (Wildman–Crippen LogP) is 1.54. The van der Waals surface area contributed by atoms with E-state index in [1.165, 1.54) is 17.5 Å². The first kappa shape index (κ1) is 27.0. The van der Waals surface area contributed by atoms with E-state index >= 15 is 0 Å². The molecule has 0 aromatic carbocycles. The van der Waals surface area contributed by atoms with Gasteiger partial charge in [-0.05, 0) is 26.2 Å². The molecule has 0 radical (unpaired) electrons. The number of nitrogens with zero attached hydrogens (tertiary/aromatic N) is 4. The number of rotatable bonds is 10. The second-order valence-corrected chi connectivity index (χ2v) is 10.4. The zero-order chi connectivity index (χ0) is 27.4. The Labute approximate surface area is 229 Å². The van der Waals surface area contributed by atoms with Crippen molar-refractivity contribution in [1.82, 2.24) is 19.9 Å². The normalized spacial score (nSPS) is 17.6. The third-order valence-electron chi connectivity index (χ3n) is 6.85. The quantitative estimate of drug-likeness (QED) is 0.314. The molecule has 2 saturated heterocycles. The number of carbonyl (C=O) groups excluding carboxylic acids is 2. The number of fused-ring (bicyclic) bond motifs is 1. The third-order valence-corrected chi connectivity index (χ3v) is 7.62. The van der Waals surface area contributed by atoms with Crippen molar-refractivity contribution in [3.05, 3.63) is 39.6 Å². The molecule has 0 saturated carbocycles. The molecule has 3 aromatic rings. The molecule has 208 valence electrons. The zero-order valence-corrected chi connectivity index (χ0v) is 22.5. The van der Waals surface area contributed by atoms with E-state index in [1.807, 2.05) is 4.90 Å². The number of esters is 1. The van der Waals surface area contributed by atoms with E-state index in [0.29, 0.717) is 41.9 Å². The Morgan fingerprint density at radius 2 is 2.15 bits per heavy atom. The minimum absolute atomic E-state index is 0.0152. The van der Waals surface area contributed by atoms with Crippen LogP contribution in [0.4, 0.5) is 11.5 Å². The molecule has 3 aromatic heterocycles. The van der Waals surface area contributed by atoms with Gasteiger partial charge in [-0.15, -0.1) is 11.3 Å². The number of amides is 1. The zero-order valence-electron chi connectivity index (χ0n) is 21.7. The van der Waals surface area contributed by atoms with Crippen LogP contribution < -0.4 is 21.0 Å². The van der Waals surface area contributed by atoms with Crippen LogP contribution in [0.3, 0.4) is 0 Å². The Balaban J connectivity index is 1.45. The van der Waals surface area contributed by atoms with Crippen molar-refractivity contribution < 1.29 is 24.2 Å². The fourth-order valence-corrected chi connectivity index (χ4v) is 5.40. The Kier molecular flexibility index (Phi) is 8.38. The highest BCUT2D eigenvalue weighted by Crippen LogP contribution is 2.31. The number of aliphatic hydroxyl groups is 1. The lowest BCUT2D eigenvalue weighted by Crippen LogP contribution is -2.55. The molecule has 39 heavy (non-hydrogen) atoms. The van der Waals surface area contributed by atoms with Gasteiger partial charge in [0.15, 0.2) is 10.8 Å². The Hall–Kier alpha value is -3.55. The van der Waals surface area contributed by atoms with Crippen LogP contribution in [0.15, 0.2) is 28.6 Å². The molecule has 2 aliphatic heterocycles. The van der Waals surface area contributed by atoms with Gasteiger partial charge in [-0.1, -0.05) is 0 Å². The van der Waals surface area contributed by atoms with Crippen LogP contribution in [0.1, 0.15) is 36.5 Å². The number of ether oxygens (including phenoxy) is 2.